The molecule has 0 spiro atoms. The number of benzene rings is 2. The first-order chi connectivity index (χ1) is 18.2. The van der Waals surface area contributed by atoms with Crippen molar-refractivity contribution in [1.29, 1.82) is 0 Å². The quantitative estimate of drug-likeness (QED) is 0.347. The van der Waals surface area contributed by atoms with Gasteiger partial charge in [0.25, 0.3) is 5.91 Å². The van der Waals surface area contributed by atoms with Crippen LogP contribution in [-0.2, 0) is 22.6 Å². The van der Waals surface area contributed by atoms with Gasteiger partial charge in [-0.2, -0.15) is 10.2 Å². The van der Waals surface area contributed by atoms with Crippen molar-refractivity contribution in [1.82, 2.24) is 30.6 Å². The van der Waals surface area contributed by atoms with Gasteiger partial charge in [0.2, 0.25) is 5.91 Å². The molecule has 0 bridgehead atoms. The molecule has 194 valence electrons. The van der Waals surface area contributed by atoms with Gasteiger partial charge in [0.05, 0.1) is 35.6 Å². The maximum Gasteiger partial charge on any atom is 0.256 e. The fraction of sp³-hybridized carbons (Fsp3) is 0.250. The number of Topliss-reactive ketones (excluding diaryl/α,β-unsaturated/α-hetero) is 1. The van der Waals surface area contributed by atoms with E-state index in [4.69, 9.17) is 0 Å². The Bertz CT molecular complexity index is 1600. The maximum absolute atomic E-state index is 14.8. The van der Waals surface area contributed by atoms with Crippen molar-refractivity contribution in [3.05, 3.63) is 93.7 Å². The Morgan fingerprint density at radius 1 is 1.11 bits per heavy atom. The number of hydrogen-bond acceptors (Lipinski definition) is 5. The smallest absolute Gasteiger partial charge is 0.256 e. The number of aryl methyl sites for hydroxylation is 1. The highest BCUT2D eigenvalue weighted by Crippen LogP contribution is 2.32. The van der Waals surface area contributed by atoms with Crippen LogP contribution < -0.4 is 5.32 Å². The number of amides is 2. The number of halogens is 1. The topological polar surface area (TPSA) is 124 Å². The fourth-order valence-corrected chi connectivity index (χ4v) is 4.86. The largest absolute Gasteiger partial charge is 0.345 e. The van der Waals surface area contributed by atoms with Crippen LogP contribution in [0.5, 0.6) is 0 Å². The molecule has 2 amide bonds. The monoisotopic (exact) mass is 514 g/mol. The molecule has 9 nitrogen and oxygen atoms in total. The number of ketones is 1. The molecule has 3 heterocycles. The van der Waals surface area contributed by atoms with E-state index in [2.05, 4.69) is 25.7 Å². The van der Waals surface area contributed by atoms with Crippen LogP contribution in [0.3, 0.4) is 0 Å². The highest BCUT2D eigenvalue weighted by Gasteiger charge is 2.32. The van der Waals surface area contributed by atoms with Crippen molar-refractivity contribution >= 4 is 28.5 Å². The Kier molecular flexibility index (Phi) is 6.62. The zero-order valence-corrected chi connectivity index (χ0v) is 21.3. The number of aromatic amines is 2. The summed E-state index contributed by atoms with van der Waals surface area (Å²) in [5, 5.41) is 17.6. The number of nitrogens with zero attached hydrogens (tertiary/aromatic N) is 3. The van der Waals surface area contributed by atoms with E-state index in [1.165, 1.54) is 23.1 Å². The number of carbonyl (C=O) groups excluding carboxylic acids is 3. The number of H-pyrrole nitrogens is 2. The molecular weight excluding hydrogens is 487 g/mol. The van der Waals surface area contributed by atoms with E-state index in [0.717, 1.165) is 22.2 Å². The second-order valence-corrected chi connectivity index (χ2v) is 9.71. The summed E-state index contributed by atoms with van der Waals surface area (Å²) in [4.78, 5) is 40.6. The lowest BCUT2D eigenvalue weighted by molar-refractivity contribution is -0.121. The first-order valence-electron chi connectivity index (χ1n) is 12.2. The van der Waals surface area contributed by atoms with E-state index >= 15 is 0 Å². The molecule has 2 aromatic heterocycles. The lowest BCUT2D eigenvalue weighted by Gasteiger charge is -2.29. The fourth-order valence-electron chi connectivity index (χ4n) is 4.86. The van der Waals surface area contributed by atoms with E-state index in [1.54, 1.807) is 20.2 Å². The van der Waals surface area contributed by atoms with Crippen LogP contribution in [0.25, 0.3) is 10.9 Å². The molecule has 1 aliphatic rings. The van der Waals surface area contributed by atoms with Gasteiger partial charge in [-0.25, -0.2) is 4.39 Å². The number of carbonyl (C=O) groups is 3. The minimum atomic E-state index is -0.798. The van der Waals surface area contributed by atoms with Gasteiger partial charge in [-0.1, -0.05) is 17.7 Å². The summed E-state index contributed by atoms with van der Waals surface area (Å²) >= 11 is 0. The van der Waals surface area contributed by atoms with Crippen molar-refractivity contribution < 1.29 is 18.8 Å². The van der Waals surface area contributed by atoms with Gasteiger partial charge in [0.15, 0.2) is 5.78 Å². The number of nitrogens with one attached hydrogen (secondary N) is 3. The van der Waals surface area contributed by atoms with Crippen LogP contribution in [0.15, 0.2) is 59.8 Å². The maximum atomic E-state index is 14.8. The van der Waals surface area contributed by atoms with E-state index in [1.807, 2.05) is 31.2 Å². The van der Waals surface area contributed by atoms with E-state index in [-0.39, 0.29) is 36.6 Å². The Labute approximate surface area is 218 Å². The number of aromatic nitrogens is 4. The Morgan fingerprint density at radius 3 is 2.68 bits per heavy atom. The van der Waals surface area contributed by atoms with Crippen molar-refractivity contribution in [2.45, 2.75) is 39.3 Å². The van der Waals surface area contributed by atoms with Crippen LogP contribution in [0.2, 0.25) is 0 Å². The van der Waals surface area contributed by atoms with Crippen LogP contribution >= 0.6 is 0 Å². The van der Waals surface area contributed by atoms with E-state index in [0.29, 0.717) is 22.4 Å². The number of fused-ring (bicyclic) bond motifs is 1. The zero-order valence-electron chi connectivity index (χ0n) is 21.3. The normalized spacial score (nSPS) is 15.6. The SMILES string of the molecule is CC1=C(C(=O)Cc2ccc3[nH]ncc3c2)C(c2ccc(F)c(C(=O)N(C)Cc3cc(C)[nH]n3)c2)NC(=O)C1. The van der Waals surface area contributed by atoms with Crippen LogP contribution in [0.4, 0.5) is 4.39 Å². The molecule has 5 rings (SSSR count). The Balaban J connectivity index is 1.43. The molecule has 1 unspecified atom stereocenters. The van der Waals surface area contributed by atoms with Gasteiger partial charge < -0.3 is 10.2 Å². The van der Waals surface area contributed by atoms with Crippen molar-refractivity contribution in [3.8, 4) is 0 Å². The molecule has 38 heavy (non-hydrogen) atoms. The molecule has 0 saturated heterocycles. The third-order valence-electron chi connectivity index (χ3n) is 6.71. The molecule has 2 aromatic carbocycles. The van der Waals surface area contributed by atoms with E-state index in [9.17, 15) is 18.8 Å². The molecule has 3 N–H and O–H groups in total. The molecule has 0 aliphatic carbocycles. The van der Waals surface area contributed by atoms with Crippen LogP contribution in [0.1, 0.15) is 52.3 Å². The summed E-state index contributed by atoms with van der Waals surface area (Å²) < 4.78 is 14.8. The summed E-state index contributed by atoms with van der Waals surface area (Å²) in [6.45, 7) is 3.80. The third kappa shape index (κ3) is 4.97. The third-order valence-corrected chi connectivity index (χ3v) is 6.71. The molecule has 4 aromatic rings. The predicted octanol–water partition coefficient (Wildman–Crippen LogP) is 3.70. The average Bonchev–Trinajstić information content (AvgIpc) is 3.51. The molecule has 0 radical (unpaired) electrons. The van der Waals surface area contributed by atoms with Crippen molar-refractivity contribution in [2.24, 2.45) is 0 Å². The highest BCUT2D eigenvalue weighted by atomic mass is 19.1. The molecule has 1 atom stereocenters. The summed E-state index contributed by atoms with van der Waals surface area (Å²) in [6.07, 6.45) is 1.91. The second kappa shape index (κ2) is 10.0. The molecule has 0 saturated carbocycles. The molecule has 1 aliphatic heterocycles. The Hall–Kier alpha value is -4.60. The minimum Gasteiger partial charge on any atom is -0.345 e. The molecule has 0 fully saturated rings. The standard InChI is InChI=1S/C28H27FN6O3/c1-15-8-25(37)31-27(26(15)24(36)11-17-4-7-23-19(10-17)13-30-34-23)18-5-6-22(29)21(12-18)28(38)35(3)14-20-9-16(2)32-33-20/h4-7,9-10,12-13,27H,8,11,14H2,1-3H3,(H,30,34)(H,31,37)(H,32,33). The molecule has 10 heteroatoms. The van der Waals surface area contributed by atoms with Gasteiger partial charge in [-0.3, -0.25) is 24.6 Å². The summed E-state index contributed by atoms with van der Waals surface area (Å²) in [5.74, 6) is -1.62. The molecular formula is C28H27FN6O3. The average molecular weight is 515 g/mol. The minimum absolute atomic E-state index is 0.0944. The highest BCUT2D eigenvalue weighted by molar-refractivity contribution is 6.02. The van der Waals surface area contributed by atoms with Gasteiger partial charge in [0, 0.05) is 36.5 Å². The second-order valence-electron chi connectivity index (χ2n) is 9.71. The summed E-state index contributed by atoms with van der Waals surface area (Å²) in [5.41, 5.74) is 4.59. The number of hydrogen-bond donors (Lipinski definition) is 3. The van der Waals surface area contributed by atoms with Gasteiger partial charge in [-0.15, -0.1) is 0 Å². The predicted molar refractivity (Wildman–Crippen MR) is 139 cm³/mol. The first kappa shape index (κ1) is 25.1. The van der Waals surface area contributed by atoms with Gasteiger partial charge >= 0.3 is 0 Å². The van der Waals surface area contributed by atoms with Gasteiger partial charge in [0.1, 0.15) is 5.82 Å². The van der Waals surface area contributed by atoms with Crippen LogP contribution in [-0.4, -0.2) is 49.9 Å². The van der Waals surface area contributed by atoms with Crippen LogP contribution in [0, 0.1) is 12.7 Å². The summed E-state index contributed by atoms with van der Waals surface area (Å²) in [7, 11) is 1.57. The lowest BCUT2D eigenvalue weighted by Crippen LogP contribution is -2.37. The van der Waals surface area contributed by atoms with Gasteiger partial charge in [-0.05, 0) is 55.3 Å². The Morgan fingerprint density at radius 2 is 1.92 bits per heavy atom. The van der Waals surface area contributed by atoms with Crippen molar-refractivity contribution in [2.75, 3.05) is 7.05 Å². The van der Waals surface area contributed by atoms with Crippen molar-refractivity contribution in [3.63, 3.8) is 0 Å². The first-order valence-corrected chi connectivity index (χ1v) is 12.2. The lowest BCUT2D eigenvalue weighted by atomic mass is 9.85. The number of rotatable bonds is 7. The van der Waals surface area contributed by atoms with E-state index < -0.39 is 17.8 Å². The zero-order chi connectivity index (χ0) is 27.0. The summed E-state index contributed by atoms with van der Waals surface area (Å²) in [6, 6.07) is 10.7.